The first kappa shape index (κ1) is 29.5. The topological polar surface area (TPSA) is 128 Å². The molecule has 4 N–H and O–H groups in total. The molecule has 6 aromatic rings. The van der Waals surface area contributed by atoms with Crippen molar-refractivity contribution in [1.82, 2.24) is 35.0 Å². The quantitative estimate of drug-likeness (QED) is 0.143. The number of rotatable bonds is 9. The second kappa shape index (κ2) is 12.3. The van der Waals surface area contributed by atoms with Crippen molar-refractivity contribution in [1.29, 1.82) is 0 Å². The number of hydrogen-bond acceptors (Lipinski definition) is 7. The zero-order chi connectivity index (χ0) is 31.8. The first-order valence-electron chi connectivity index (χ1n) is 15.3. The van der Waals surface area contributed by atoms with E-state index in [-0.39, 0.29) is 17.2 Å². The Balaban J connectivity index is 1.23. The first-order chi connectivity index (χ1) is 22.3. The third kappa shape index (κ3) is 5.79. The minimum atomic E-state index is -0.500. The molecule has 46 heavy (non-hydrogen) atoms. The summed E-state index contributed by atoms with van der Waals surface area (Å²) in [6, 6.07) is 11.6. The van der Waals surface area contributed by atoms with Crippen LogP contribution in [0.5, 0.6) is 0 Å². The van der Waals surface area contributed by atoms with E-state index in [0.29, 0.717) is 68.4 Å². The Hall–Kier alpha value is -5.23. The fraction of sp³-hybridized carbons (Fsp3) is 0.265. The van der Waals surface area contributed by atoms with Gasteiger partial charge >= 0.3 is 0 Å². The highest BCUT2D eigenvalue weighted by Gasteiger charge is 2.24. The lowest BCUT2D eigenvalue weighted by molar-refractivity contribution is -0.119. The molecule has 1 fully saturated rings. The van der Waals surface area contributed by atoms with Crippen molar-refractivity contribution in [3.63, 3.8) is 0 Å². The number of anilines is 2. The molecule has 4 aromatic heterocycles. The number of pyridine rings is 2. The molecule has 2 aromatic carbocycles. The van der Waals surface area contributed by atoms with Crippen molar-refractivity contribution in [2.24, 2.45) is 5.92 Å². The van der Waals surface area contributed by atoms with Gasteiger partial charge in [-0.25, -0.2) is 13.8 Å². The van der Waals surface area contributed by atoms with Crippen LogP contribution in [-0.4, -0.2) is 68.1 Å². The van der Waals surface area contributed by atoms with Gasteiger partial charge in [0.2, 0.25) is 5.91 Å². The highest BCUT2D eigenvalue weighted by atomic mass is 19.1. The molecule has 4 heterocycles. The Morgan fingerprint density at radius 1 is 0.978 bits per heavy atom. The minimum Gasteiger partial charge on any atom is -0.384 e. The van der Waals surface area contributed by atoms with Crippen LogP contribution in [0, 0.1) is 17.6 Å². The summed E-state index contributed by atoms with van der Waals surface area (Å²) in [6.07, 6.45) is 8.62. The van der Waals surface area contributed by atoms with Crippen LogP contribution in [0.3, 0.4) is 0 Å². The van der Waals surface area contributed by atoms with Crippen LogP contribution in [0.1, 0.15) is 25.7 Å². The standard InChI is InChI=1S/C34H33F2N9O/c1-45(2)12-11-38-23-14-20(13-22(35)16-23)30-31-27(9-10-39-30)41-33(42-31)32-28-26(43-44-32)8-7-25(29(28)36)21-15-24(18-37-17-21)40-34(46)19-5-3-4-6-19/h7-10,13-19,38H,3-6,11-12H2,1-2H3,(H,40,46)(H,41,42)(H,43,44). The molecule has 10 nitrogen and oxygen atoms in total. The van der Waals surface area contributed by atoms with E-state index in [1.165, 1.54) is 12.1 Å². The Morgan fingerprint density at radius 2 is 1.80 bits per heavy atom. The Labute approximate surface area is 263 Å². The number of carbonyl (C=O) groups excluding carboxylic acids is 1. The van der Waals surface area contributed by atoms with Gasteiger partial charge in [0.05, 0.1) is 34.0 Å². The van der Waals surface area contributed by atoms with Gasteiger partial charge in [0.1, 0.15) is 22.8 Å². The molecule has 0 unspecified atom stereocenters. The van der Waals surface area contributed by atoms with Crippen molar-refractivity contribution in [3.8, 4) is 33.9 Å². The van der Waals surface area contributed by atoms with Crippen LogP contribution in [0.15, 0.2) is 61.1 Å². The van der Waals surface area contributed by atoms with Gasteiger partial charge < -0.3 is 20.5 Å². The Bertz CT molecular complexity index is 2060. The van der Waals surface area contributed by atoms with E-state index in [0.717, 1.165) is 32.2 Å². The molecule has 0 aliphatic heterocycles. The first-order valence-corrected chi connectivity index (χ1v) is 15.3. The van der Waals surface area contributed by atoms with Crippen LogP contribution in [0.2, 0.25) is 0 Å². The monoisotopic (exact) mass is 621 g/mol. The maximum atomic E-state index is 16.3. The number of carbonyl (C=O) groups is 1. The average Bonchev–Trinajstić information content (AvgIpc) is 3.81. The van der Waals surface area contributed by atoms with E-state index in [2.05, 4.69) is 35.8 Å². The maximum Gasteiger partial charge on any atom is 0.227 e. The lowest BCUT2D eigenvalue weighted by Crippen LogP contribution is -2.20. The predicted molar refractivity (Wildman–Crippen MR) is 175 cm³/mol. The summed E-state index contributed by atoms with van der Waals surface area (Å²) >= 11 is 0. The number of H-pyrrole nitrogens is 2. The number of halogens is 2. The van der Waals surface area contributed by atoms with Crippen molar-refractivity contribution in [2.75, 3.05) is 37.8 Å². The molecule has 12 heteroatoms. The second-order valence-corrected chi connectivity index (χ2v) is 12.0. The third-order valence-corrected chi connectivity index (χ3v) is 8.39. The van der Waals surface area contributed by atoms with Gasteiger partial charge in [-0.1, -0.05) is 12.8 Å². The Morgan fingerprint density at radius 3 is 2.63 bits per heavy atom. The van der Waals surface area contributed by atoms with Crippen LogP contribution in [0.4, 0.5) is 20.2 Å². The smallest absolute Gasteiger partial charge is 0.227 e. The van der Waals surface area contributed by atoms with E-state index in [1.807, 2.05) is 25.1 Å². The predicted octanol–water partition coefficient (Wildman–Crippen LogP) is 6.61. The molecule has 0 atom stereocenters. The number of likely N-dealkylation sites (N-methyl/N-ethyl adjacent to an activating group) is 1. The van der Waals surface area contributed by atoms with E-state index in [4.69, 9.17) is 4.98 Å². The lowest BCUT2D eigenvalue weighted by atomic mass is 10.0. The highest BCUT2D eigenvalue weighted by molar-refractivity contribution is 5.99. The number of imidazole rings is 1. The number of nitrogens with zero attached hydrogens (tertiary/aromatic N) is 5. The van der Waals surface area contributed by atoms with Crippen LogP contribution >= 0.6 is 0 Å². The molecule has 0 bridgehead atoms. The summed E-state index contributed by atoms with van der Waals surface area (Å²) in [4.78, 5) is 31.6. The molecule has 1 aliphatic carbocycles. The van der Waals surface area contributed by atoms with Gasteiger partial charge in [0.25, 0.3) is 0 Å². The van der Waals surface area contributed by atoms with Crippen LogP contribution in [0.25, 0.3) is 55.8 Å². The number of amides is 1. The molecular formula is C34H33F2N9O. The van der Waals surface area contributed by atoms with E-state index in [9.17, 15) is 9.18 Å². The fourth-order valence-electron chi connectivity index (χ4n) is 6.07. The summed E-state index contributed by atoms with van der Waals surface area (Å²) in [7, 11) is 3.95. The van der Waals surface area contributed by atoms with Gasteiger partial charge in [-0.3, -0.25) is 19.9 Å². The molecule has 0 radical (unpaired) electrons. The zero-order valence-corrected chi connectivity index (χ0v) is 25.5. The third-order valence-electron chi connectivity index (χ3n) is 8.39. The summed E-state index contributed by atoms with van der Waals surface area (Å²) in [6.45, 7) is 1.44. The largest absolute Gasteiger partial charge is 0.384 e. The summed E-state index contributed by atoms with van der Waals surface area (Å²) in [5.41, 5.74) is 4.97. The van der Waals surface area contributed by atoms with Crippen molar-refractivity contribution < 1.29 is 13.6 Å². The maximum absolute atomic E-state index is 16.3. The number of hydrogen-bond donors (Lipinski definition) is 4. The van der Waals surface area contributed by atoms with Crippen molar-refractivity contribution >= 4 is 39.2 Å². The molecule has 1 aliphatic rings. The number of nitrogens with one attached hydrogen (secondary N) is 4. The fourth-order valence-corrected chi connectivity index (χ4v) is 6.07. The van der Waals surface area contributed by atoms with E-state index >= 15 is 4.39 Å². The normalized spacial score (nSPS) is 13.7. The zero-order valence-electron chi connectivity index (χ0n) is 25.5. The number of aromatic amines is 2. The number of benzene rings is 2. The molecule has 0 spiro atoms. The van der Waals surface area contributed by atoms with Gasteiger partial charge in [-0.2, -0.15) is 5.10 Å². The number of aromatic nitrogens is 6. The number of fused-ring (bicyclic) bond motifs is 2. The van der Waals surface area contributed by atoms with Crippen LogP contribution in [-0.2, 0) is 4.79 Å². The summed E-state index contributed by atoms with van der Waals surface area (Å²) in [5.74, 6) is -0.595. The van der Waals surface area contributed by atoms with Gasteiger partial charge in [-0.15, -0.1) is 0 Å². The molecule has 1 saturated carbocycles. The average molecular weight is 622 g/mol. The molecule has 1 amide bonds. The molecule has 0 saturated heterocycles. The second-order valence-electron chi connectivity index (χ2n) is 12.0. The minimum absolute atomic E-state index is 0.00234. The Kier molecular flexibility index (Phi) is 7.87. The van der Waals surface area contributed by atoms with Gasteiger partial charge in [0.15, 0.2) is 5.82 Å². The van der Waals surface area contributed by atoms with E-state index in [1.54, 1.807) is 42.9 Å². The van der Waals surface area contributed by atoms with Gasteiger partial charge in [-0.05, 0) is 69.4 Å². The highest BCUT2D eigenvalue weighted by Crippen LogP contribution is 2.36. The molecule has 234 valence electrons. The lowest BCUT2D eigenvalue weighted by Gasteiger charge is -2.12. The van der Waals surface area contributed by atoms with Crippen LogP contribution < -0.4 is 10.6 Å². The summed E-state index contributed by atoms with van der Waals surface area (Å²) < 4.78 is 31.0. The summed E-state index contributed by atoms with van der Waals surface area (Å²) in [5, 5.41) is 13.8. The van der Waals surface area contributed by atoms with Crippen molar-refractivity contribution in [3.05, 3.63) is 72.7 Å². The van der Waals surface area contributed by atoms with Crippen molar-refractivity contribution in [2.45, 2.75) is 25.7 Å². The molecular weight excluding hydrogens is 588 g/mol. The van der Waals surface area contributed by atoms with E-state index < -0.39 is 11.6 Å². The SMILES string of the molecule is CN(C)CCNc1cc(F)cc(-c2nccc3[nH]c(-c4n[nH]c5ccc(-c6cncc(NC(=O)C7CCCC7)c6)c(F)c45)nc23)c1. The molecule has 7 rings (SSSR count). The van der Waals surface area contributed by atoms with Gasteiger partial charge in [0, 0.05) is 53.8 Å².